The molecule has 0 saturated carbocycles. The molecule has 38 heavy (non-hydrogen) atoms. The summed E-state index contributed by atoms with van der Waals surface area (Å²) in [6.07, 6.45) is 4.04. The summed E-state index contributed by atoms with van der Waals surface area (Å²) in [6.45, 7) is 7.74. The van der Waals surface area contributed by atoms with Crippen LogP contribution in [0.2, 0.25) is 0 Å². The lowest BCUT2D eigenvalue weighted by Gasteiger charge is -2.33. The molecule has 0 aliphatic carbocycles. The number of fused-ring (bicyclic) bond motifs is 3. The van der Waals surface area contributed by atoms with Gasteiger partial charge in [-0.05, 0) is 36.7 Å². The summed E-state index contributed by atoms with van der Waals surface area (Å²) in [5.74, 6) is 0.00459. The Kier molecular flexibility index (Phi) is 6.71. The number of aromatic nitrogens is 5. The molecule has 4 aromatic rings. The van der Waals surface area contributed by atoms with E-state index in [0.717, 1.165) is 51.0 Å². The molecule has 2 aliphatic rings. The molecule has 3 aromatic heterocycles. The van der Waals surface area contributed by atoms with Crippen molar-refractivity contribution in [1.82, 2.24) is 34.3 Å². The summed E-state index contributed by atoms with van der Waals surface area (Å²) in [7, 11) is 0. The van der Waals surface area contributed by atoms with E-state index in [4.69, 9.17) is 0 Å². The van der Waals surface area contributed by atoms with Gasteiger partial charge < -0.3 is 14.8 Å². The fourth-order valence-corrected chi connectivity index (χ4v) is 5.35. The molecule has 1 saturated heterocycles. The summed E-state index contributed by atoms with van der Waals surface area (Å²) in [5, 5.41) is 3.01. The van der Waals surface area contributed by atoms with Gasteiger partial charge in [0.25, 0.3) is 0 Å². The molecule has 11 heteroatoms. The van der Waals surface area contributed by atoms with Gasteiger partial charge in [-0.1, -0.05) is 13.0 Å². The Morgan fingerprint density at radius 3 is 2.53 bits per heavy atom. The van der Waals surface area contributed by atoms with E-state index in [0.29, 0.717) is 30.0 Å². The molecule has 0 unspecified atom stereocenters. The number of nitrogens with zero attached hydrogens (tertiary/aromatic N) is 7. The molecule has 5 heterocycles. The number of anilines is 2. The fraction of sp³-hybridized carbons (Fsp3) is 0.407. The predicted octanol–water partition coefficient (Wildman–Crippen LogP) is 4.50. The first-order valence-electron chi connectivity index (χ1n) is 13.0. The molecule has 6 rings (SSSR count). The molecular formula is C27H29F3N8. The first-order valence-corrected chi connectivity index (χ1v) is 13.0. The van der Waals surface area contributed by atoms with Crippen LogP contribution < -0.4 is 5.32 Å². The summed E-state index contributed by atoms with van der Waals surface area (Å²) in [4.78, 5) is 22.0. The first-order chi connectivity index (χ1) is 18.5. The van der Waals surface area contributed by atoms with Gasteiger partial charge in [-0.25, -0.2) is 33.1 Å². The standard InChI is InChI=1S/C27H29F3N8/c1-2-36-7-9-37(10-8-36)16-17-3-5-23(31-14-17)33-27-32-15-21(30)25(35-27)18-11-20(29)26-22(12-18)38-19(13-28)4-6-24(38)34-26/h3,5,11-12,14-15,19H,2,4,6-10,13,16H2,1H3,(H,31,32,33,35)/t19-/m0/s1. The van der Waals surface area contributed by atoms with Gasteiger partial charge in [-0.3, -0.25) is 4.90 Å². The van der Waals surface area contributed by atoms with Crippen LogP contribution in [0.1, 0.15) is 30.8 Å². The third-order valence-corrected chi connectivity index (χ3v) is 7.47. The minimum atomic E-state index is -0.691. The lowest BCUT2D eigenvalue weighted by molar-refractivity contribution is 0.132. The van der Waals surface area contributed by atoms with Gasteiger partial charge in [0.05, 0.1) is 17.8 Å². The highest BCUT2D eigenvalue weighted by Gasteiger charge is 2.27. The van der Waals surface area contributed by atoms with Crippen LogP contribution in [-0.4, -0.2) is 73.7 Å². The topological polar surface area (TPSA) is 75.0 Å². The second-order valence-corrected chi connectivity index (χ2v) is 9.85. The Morgan fingerprint density at radius 1 is 0.974 bits per heavy atom. The number of benzene rings is 1. The SMILES string of the molecule is CCN1CCN(Cc2ccc(Nc3ncc(F)c(-c4cc(F)c5nc6n(c5c4)[C@H](CF)CC6)n3)nc2)CC1. The maximum absolute atomic E-state index is 15.0. The van der Waals surface area contributed by atoms with Gasteiger partial charge in [-0.2, -0.15) is 0 Å². The summed E-state index contributed by atoms with van der Waals surface area (Å²) < 4.78 is 45.1. The second-order valence-electron chi connectivity index (χ2n) is 9.85. The van der Waals surface area contributed by atoms with E-state index in [2.05, 4.69) is 42.0 Å². The van der Waals surface area contributed by atoms with Crippen LogP contribution >= 0.6 is 0 Å². The summed E-state index contributed by atoms with van der Waals surface area (Å²) >= 11 is 0. The maximum Gasteiger partial charge on any atom is 0.229 e. The Hall–Kier alpha value is -3.57. The minimum Gasteiger partial charge on any atom is -0.322 e. The second kappa shape index (κ2) is 10.3. The highest BCUT2D eigenvalue weighted by Crippen LogP contribution is 2.35. The highest BCUT2D eigenvalue weighted by atomic mass is 19.1. The molecule has 0 amide bonds. The Bertz CT molecular complexity index is 1450. The summed E-state index contributed by atoms with van der Waals surface area (Å²) in [6, 6.07) is 6.26. The van der Waals surface area contributed by atoms with E-state index >= 15 is 0 Å². The van der Waals surface area contributed by atoms with Crippen LogP contribution in [0.4, 0.5) is 24.9 Å². The number of hydrogen-bond acceptors (Lipinski definition) is 7. The fourth-order valence-electron chi connectivity index (χ4n) is 5.35. The molecule has 0 radical (unpaired) electrons. The predicted molar refractivity (Wildman–Crippen MR) is 139 cm³/mol. The number of pyridine rings is 1. The zero-order chi connectivity index (χ0) is 26.2. The van der Waals surface area contributed by atoms with Gasteiger partial charge >= 0.3 is 0 Å². The number of likely N-dealkylation sites (N-methyl/N-ethyl adjacent to an activating group) is 1. The average molecular weight is 523 g/mol. The quantitative estimate of drug-likeness (QED) is 0.383. The molecule has 0 bridgehead atoms. The van der Waals surface area contributed by atoms with Crippen LogP contribution in [0.5, 0.6) is 0 Å². The molecule has 1 N–H and O–H groups in total. The smallest absolute Gasteiger partial charge is 0.229 e. The van der Waals surface area contributed by atoms with Crippen molar-refractivity contribution in [3.63, 3.8) is 0 Å². The molecule has 8 nitrogen and oxygen atoms in total. The Morgan fingerprint density at radius 2 is 1.79 bits per heavy atom. The number of halogens is 3. The van der Waals surface area contributed by atoms with Gasteiger partial charge in [-0.15, -0.1) is 0 Å². The average Bonchev–Trinajstić information content (AvgIpc) is 3.51. The van der Waals surface area contributed by atoms with Crippen LogP contribution in [0.25, 0.3) is 22.3 Å². The molecule has 2 aliphatic heterocycles. The minimum absolute atomic E-state index is 0.0588. The number of piperazine rings is 1. The van der Waals surface area contributed by atoms with Crippen LogP contribution in [0.15, 0.2) is 36.7 Å². The van der Waals surface area contributed by atoms with Crippen LogP contribution in [0.3, 0.4) is 0 Å². The highest BCUT2D eigenvalue weighted by molar-refractivity contribution is 5.83. The molecule has 1 aromatic carbocycles. The third-order valence-electron chi connectivity index (χ3n) is 7.47. The van der Waals surface area contributed by atoms with Crippen molar-refractivity contribution in [3.05, 3.63) is 59.7 Å². The number of alkyl halides is 1. The number of rotatable bonds is 7. The molecular weight excluding hydrogens is 493 g/mol. The lowest BCUT2D eigenvalue weighted by atomic mass is 10.1. The van der Waals surface area contributed by atoms with Gasteiger partial charge in [0.15, 0.2) is 11.6 Å². The number of hydrogen-bond donors (Lipinski definition) is 1. The molecule has 198 valence electrons. The van der Waals surface area contributed by atoms with Crippen molar-refractivity contribution in [1.29, 1.82) is 0 Å². The van der Waals surface area contributed by atoms with Gasteiger partial charge in [0.1, 0.15) is 29.5 Å². The van der Waals surface area contributed by atoms with Crippen LogP contribution in [-0.2, 0) is 13.0 Å². The van der Waals surface area contributed by atoms with Gasteiger partial charge in [0.2, 0.25) is 5.95 Å². The number of nitrogens with one attached hydrogen (secondary N) is 1. The van der Waals surface area contributed by atoms with Crippen molar-refractivity contribution in [3.8, 4) is 11.3 Å². The van der Waals surface area contributed by atoms with Crippen molar-refractivity contribution in [2.24, 2.45) is 0 Å². The largest absolute Gasteiger partial charge is 0.322 e. The Labute approximate surface area is 218 Å². The van der Waals surface area contributed by atoms with E-state index in [1.54, 1.807) is 10.6 Å². The zero-order valence-electron chi connectivity index (χ0n) is 21.2. The van der Waals surface area contributed by atoms with Crippen molar-refractivity contribution in [2.45, 2.75) is 32.4 Å². The third kappa shape index (κ3) is 4.71. The van der Waals surface area contributed by atoms with E-state index < -0.39 is 24.4 Å². The molecule has 1 atom stereocenters. The molecule has 1 fully saturated rings. The maximum atomic E-state index is 15.0. The van der Waals surface area contributed by atoms with Crippen molar-refractivity contribution < 1.29 is 13.2 Å². The van der Waals surface area contributed by atoms with E-state index in [1.165, 1.54) is 6.07 Å². The number of aryl methyl sites for hydroxylation is 1. The molecule has 0 spiro atoms. The first kappa shape index (κ1) is 24.7. The van der Waals surface area contributed by atoms with Crippen LogP contribution in [0, 0.1) is 11.6 Å². The van der Waals surface area contributed by atoms with Crippen molar-refractivity contribution >= 4 is 22.8 Å². The zero-order valence-corrected chi connectivity index (χ0v) is 21.2. The van der Waals surface area contributed by atoms with Crippen molar-refractivity contribution in [2.75, 3.05) is 44.7 Å². The summed E-state index contributed by atoms with van der Waals surface area (Å²) in [5.41, 5.74) is 1.88. The monoisotopic (exact) mass is 522 g/mol. The van der Waals surface area contributed by atoms with E-state index in [1.807, 2.05) is 18.3 Å². The van der Waals surface area contributed by atoms with E-state index in [9.17, 15) is 13.2 Å². The van der Waals surface area contributed by atoms with Gasteiger partial charge in [0, 0.05) is 50.9 Å². The lowest BCUT2D eigenvalue weighted by Crippen LogP contribution is -2.45. The Balaban J connectivity index is 1.21. The van der Waals surface area contributed by atoms with E-state index in [-0.39, 0.29) is 22.7 Å². The number of imidazole rings is 1. The normalized spacial score (nSPS) is 18.3.